The maximum absolute atomic E-state index is 13.2. The minimum atomic E-state index is -0.559. The standard InChI is InChI=1S/C23H15ClN2O3S/c24-17-8-10-18(11-9-17)26-22(28)20(21(27)25-23(26)30)14-16(13-19-7-4-12-29-19)15-5-2-1-3-6-15/h1-14H,(H,25,27,30)/b16-13+,20-14-. The van der Waals surface area contributed by atoms with Crippen LogP contribution in [-0.2, 0) is 9.59 Å². The van der Waals surface area contributed by atoms with Crippen LogP contribution in [-0.4, -0.2) is 16.9 Å². The van der Waals surface area contributed by atoms with Gasteiger partial charge in [0.15, 0.2) is 5.11 Å². The van der Waals surface area contributed by atoms with Crippen LogP contribution >= 0.6 is 23.8 Å². The Labute approximate surface area is 183 Å². The highest BCUT2D eigenvalue weighted by Crippen LogP contribution is 2.26. The van der Waals surface area contributed by atoms with Gasteiger partial charge in [0.2, 0.25) is 0 Å². The molecule has 0 aliphatic carbocycles. The molecule has 0 bridgehead atoms. The van der Waals surface area contributed by atoms with E-state index in [1.807, 2.05) is 30.3 Å². The summed E-state index contributed by atoms with van der Waals surface area (Å²) in [7, 11) is 0. The van der Waals surface area contributed by atoms with E-state index in [2.05, 4.69) is 5.32 Å². The molecule has 0 saturated carbocycles. The van der Waals surface area contributed by atoms with Crippen LogP contribution in [0.15, 0.2) is 89.1 Å². The molecule has 30 heavy (non-hydrogen) atoms. The first kappa shape index (κ1) is 19.8. The molecule has 0 unspecified atom stereocenters. The fourth-order valence-electron chi connectivity index (χ4n) is 3.00. The molecule has 7 heteroatoms. The molecule has 1 N–H and O–H groups in total. The van der Waals surface area contributed by atoms with Crippen LogP contribution in [0.1, 0.15) is 11.3 Å². The summed E-state index contributed by atoms with van der Waals surface area (Å²) < 4.78 is 5.41. The Morgan fingerprint density at radius 1 is 1.00 bits per heavy atom. The van der Waals surface area contributed by atoms with E-state index in [0.717, 1.165) is 5.56 Å². The fraction of sp³-hybridized carbons (Fsp3) is 0. The molecule has 3 aromatic rings. The average molecular weight is 435 g/mol. The summed E-state index contributed by atoms with van der Waals surface area (Å²) >= 11 is 11.2. The lowest BCUT2D eigenvalue weighted by atomic mass is 10.00. The molecule has 0 spiro atoms. The maximum Gasteiger partial charge on any atom is 0.270 e. The van der Waals surface area contributed by atoms with Gasteiger partial charge in [0.25, 0.3) is 11.8 Å². The largest absolute Gasteiger partial charge is 0.465 e. The molecule has 1 aromatic heterocycles. The monoisotopic (exact) mass is 434 g/mol. The molecule has 2 amide bonds. The highest BCUT2D eigenvalue weighted by Gasteiger charge is 2.34. The number of hydrogen-bond donors (Lipinski definition) is 1. The predicted octanol–water partition coefficient (Wildman–Crippen LogP) is 4.85. The van der Waals surface area contributed by atoms with Gasteiger partial charge in [-0.1, -0.05) is 41.9 Å². The first-order valence-corrected chi connectivity index (χ1v) is 9.79. The first-order valence-electron chi connectivity index (χ1n) is 9.00. The number of amides is 2. The summed E-state index contributed by atoms with van der Waals surface area (Å²) in [6.07, 6.45) is 4.86. The number of anilines is 1. The summed E-state index contributed by atoms with van der Waals surface area (Å²) in [5, 5.41) is 3.13. The Hall–Kier alpha value is -3.48. The van der Waals surface area contributed by atoms with Crippen molar-refractivity contribution in [2.45, 2.75) is 0 Å². The van der Waals surface area contributed by atoms with E-state index in [1.54, 1.807) is 54.8 Å². The molecule has 1 aliphatic rings. The molecule has 1 aliphatic heterocycles. The van der Waals surface area contributed by atoms with Crippen molar-refractivity contribution in [1.82, 2.24) is 5.32 Å². The Morgan fingerprint density at radius 2 is 1.73 bits per heavy atom. The van der Waals surface area contributed by atoms with Gasteiger partial charge in [-0.3, -0.25) is 19.8 Å². The molecule has 0 radical (unpaired) electrons. The van der Waals surface area contributed by atoms with E-state index in [-0.39, 0.29) is 10.7 Å². The fourth-order valence-corrected chi connectivity index (χ4v) is 3.41. The number of furan rings is 1. The van der Waals surface area contributed by atoms with Crippen molar-refractivity contribution in [2.24, 2.45) is 0 Å². The highest BCUT2D eigenvalue weighted by molar-refractivity contribution is 7.80. The van der Waals surface area contributed by atoms with E-state index in [4.69, 9.17) is 28.2 Å². The first-order chi connectivity index (χ1) is 14.5. The second-order valence-electron chi connectivity index (χ2n) is 6.42. The molecule has 5 nitrogen and oxygen atoms in total. The van der Waals surface area contributed by atoms with Crippen LogP contribution in [0.2, 0.25) is 5.02 Å². The van der Waals surface area contributed by atoms with Gasteiger partial charge in [0, 0.05) is 5.02 Å². The van der Waals surface area contributed by atoms with Gasteiger partial charge in [0.1, 0.15) is 11.3 Å². The van der Waals surface area contributed by atoms with Crippen LogP contribution in [0.4, 0.5) is 5.69 Å². The number of carbonyl (C=O) groups is 2. The summed E-state index contributed by atoms with van der Waals surface area (Å²) in [6.45, 7) is 0. The van der Waals surface area contributed by atoms with Gasteiger partial charge in [-0.2, -0.15) is 0 Å². The third kappa shape index (κ3) is 4.10. The minimum Gasteiger partial charge on any atom is -0.465 e. The van der Waals surface area contributed by atoms with Crippen LogP contribution in [0.5, 0.6) is 0 Å². The van der Waals surface area contributed by atoms with Crippen LogP contribution in [0.3, 0.4) is 0 Å². The average Bonchev–Trinajstić information content (AvgIpc) is 3.25. The third-order valence-electron chi connectivity index (χ3n) is 4.43. The van der Waals surface area contributed by atoms with Crippen molar-refractivity contribution in [1.29, 1.82) is 0 Å². The zero-order chi connectivity index (χ0) is 21.1. The second-order valence-corrected chi connectivity index (χ2v) is 7.24. The number of carbonyl (C=O) groups excluding carboxylic acids is 2. The number of rotatable bonds is 4. The van der Waals surface area contributed by atoms with Gasteiger partial charge in [-0.25, -0.2) is 0 Å². The van der Waals surface area contributed by atoms with Crippen molar-refractivity contribution < 1.29 is 14.0 Å². The SMILES string of the molecule is O=C1NC(=S)N(c2ccc(Cl)cc2)C(=O)/C1=C\C(=C/c1ccco1)c1ccccc1. The van der Waals surface area contributed by atoms with E-state index in [1.165, 1.54) is 4.90 Å². The normalized spacial score (nSPS) is 16.2. The number of thiocarbonyl (C=S) groups is 1. The van der Waals surface area contributed by atoms with Crippen molar-refractivity contribution in [3.05, 3.63) is 101 Å². The van der Waals surface area contributed by atoms with E-state index >= 15 is 0 Å². The number of halogens is 1. The number of hydrogen-bond acceptors (Lipinski definition) is 4. The van der Waals surface area contributed by atoms with Gasteiger partial charge >= 0.3 is 0 Å². The summed E-state index contributed by atoms with van der Waals surface area (Å²) in [5.41, 5.74) is 1.94. The smallest absolute Gasteiger partial charge is 0.270 e. The van der Waals surface area contributed by atoms with Crippen molar-refractivity contribution >= 4 is 58.1 Å². The summed E-state index contributed by atoms with van der Waals surface area (Å²) in [4.78, 5) is 27.1. The topological polar surface area (TPSA) is 62.6 Å². The number of benzene rings is 2. The van der Waals surface area contributed by atoms with Crippen molar-refractivity contribution in [2.75, 3.05) is 4.90 Å². The molecule has 1 saturated heterocycles. The van der Waals surface area contributed by atoms with Gasteiger partial charge in [-0.15, -0.1) is 0 Å². The molecule has 4 rings (SSSR count). The van der Waals surface area contributed by atoms with Crippen LogP contribution in [0.25, 0.3) is 11.6 Å². The van der Waals surface area contributed by atoms with E-state index in [9.17, 15) is 9.59 Å². The lowest BCUT2D eigenvalue weighted by molar-refractivity contribution is -0.122. The maximum atomic E-state index is 13.2. The lowest BCUT2D eigenvalue weighted by Crippen LogP contribution is -2.54. The number of nitrogens with one attached hydrogen (secondary N) is 1. The number of allylic oxidation sites excluding steroid dienone is 2. The van der Waals surface area contributed by atoms with E-state index in [0.29, 0.717) is 22.0 Å². The minimum absolute atomic E-state index is 0.0146. The van der Waals surface area contributed by atoms with Gasteiger partial charge in [-0.05, 0) is 71.9 Å². The van der Waals surface area contributed by atoms with Gasteiger partial charge in [0.05, 0.1) is 12.0 Å². The third-order valence-corrected chi connectivity index (χ3v) is 4.97. The molecule has 1 fully saturated rings. The Morgan fingerprint density at radius 3 is 2.40 bits per heavy atom. The molecule has 2 aromatic carbocycles. The summed E-state index contributed by atoms with van der Waals surface area (Å²) in [5.74, 6) is -0.483. The second kappa shape index (κ2) is 8.49. The van der Waals surface area contributed by atoms with Crippen LogP contribution in [0, 0.1) is 0 Å². The Kier molecular flexibility index (Phi) is 5.61. The number of nitrogens with zero attached hydrogens (tertiary/aromatic N) is 1. The quantitative estimate of drug-likeness (QED) is 0.362. The van der Waals surface area contributed by atoms with Crippen LogP contribution < -0.4 is 10.2 Å². The highest BCUT2D eigenvalue weighted by atomic mass is 35.5. The van der Waals surface area contributed by atoms with E-state index < -0.39 is 11.8 Å². The van der Waals surface area contributed by atoms with Gasteiger partial charge < -0.3 is 4.42 Å². The molecular formula is C23H15ClN2O3S. The molecular weight excluding hydrogens is 420 g/mol. The lowest BCUT2D eigenvalue weighted by Gasteiger charge is -2.29. The molecule has 0 atom stereocenters. The van der Waals surface area contributed by atoms with Crippen molar-refractivity contribution in [3.63, 3.8) is 0 Å². The Balaban J connectivity index is 1.79. The molecule has 2 heterocycles. The van der Waals surface area contributed by atoms with Crippen molar-refractivity contribution in [3.8, 4) is 0 Å². The summed E-state index contributed by atoms with van der Waals surface area (Å²) in [6, 6.07) is 19.6. The zero-order valence-corrected chi connectivity index (χ0v) is 17.1. The zero-order valence-electron chi connectivity index (χ0n) is 15.5. The predicted molar refractivity (Wildman–Crippen MR) is 121 cm³/mol. The molecule has 148 valence electrons. The Bertz CT molecular complexity index is 1170.